The van der Waals surface area contributed by atoms with Crippen molar-refractivity contribution in [2.24, 2.45) is 5.41 Å². The van der Waals surface area contributed by atoms with Crippen LogP contribution in [0, 0.1) is 5.41 Å². The van der Waals surface area contributed by atoms with Crippen molar-refractivity contribution < 1.29 is 19.4 Å². The van der Waals surface area contributed by atoms with Crippen molar-refractivity contribution in [1.82, 2.24) is 0 Å². The van der Waals surface area contributed by atoms with E-state index in [-0.39, 0.29) is 0 Å². The maximum Gasteiger partial charge on any atom is 0.313 e. The van der Waals surface area contributed by atoms with Gasteiger partial charge in [-0.25, -0.2) is 0 Å². The first-order valence-corrected chi connectivity index (χ1v) is 5.65. The van der Waals surface area contributed by atoms with Crippen molar-refractivity contribution in [2.75, 3.05) is 13.7 Å². The lowest BCUT2D eigenvalue weighted by molar-refractivity contribution is -0.145. The van der Waals surface area contributed by atoms with Crippen molar-refractivity contribution in [3.8, 4) is 11.5 Å². The number of carbonyl (C=O) groups is 1. The summed E-state index contributed by atoms with van der Waals surface area (Å²) in [6.07, 6.45) is 1.81. The maximum absolute atomic E-state index is 11.0. The van der Waals surface area contributed by atoms with E-state index in [0.29, 0.717) is 18.8 Å². The van der Waals surface area contributed by atoms with Crippen LogP contribution in [0.2, 0.25) is 0 Å². The van der Waals surface area contributed by atoms with Gasteiger partial charge in [0.25, 0.3) is 0 Å². The van der Waals surface area contributed by atoms with E-state index in [2.05, 4.69) is 6.58 Å². The number of aliphatic carboxylic acids is 1. The molecule has 0 radical (unpaired) electrons. The molecule has 4 heteroatoms. The lowest BCUT2D eigenvalue weighted by Gasteiger charge is -2.20. The van der Waals surface area contributed by atoms with E-state index in [1.807, 2.05) is 0 Å². The average molecular weight is 250 g/mol. The molecule has 0 saturated carbocycles. The van der Waals surface area contributed by atoms with Crippen LogP contribution < -0.4 is 9.47 Å². The van der Waals surface area contributed by atoms with Crippen LogP contribution in [-0.4, -0.2) is 24.8 Å². The Hall–Kier alpha value is -1.97. The van der Waals surface area contributed by atoms with Gasteiger partial charge in [-0.15, -0.1) is 6.58 Å². The second-order valence-corrected chi connectivity index (χ2v) is 4.20. The second-order valence-electron chi connectivity index (χ2n) is 4.20. The second kappa shape index (κ2) is 6.10. The zero-order chi connectivity index (χ0) is 13.6. The van der Waals surface area contributed by atoms with Crippen LogP contribution in [0.15, 0.2) is 36.9 Å². The molecular formula is C14H18O4. The van der Waals surface area contributed by atoms with E-state index in [9.17, 15) is 4.79 Å². The van der Waals surface area contributed by atoms with Crippen LogP contribution in [0.25, 0.3) is 0 Å². The molecule has 1 N–H and O–H groups in total. The van der Waals surface area contributed by atoms with Crippen LogP contribution >= 0.6 is 0 Å². The predicted octanol–water partition coefficient (Wildman–Crippen LogP) is 2.74. The molecule has 0 bridgehead atoms. The Kier molecular flexibility index (Phi) is 4.77. The first-order chi connectivity index (χ1) is 8.51. The SMILES string of the molecule is C=CC(C)(CCOc1ccc(OC)cc1)C(=O)O. The molecule has 0 fully saturated rings. The summed E-state index contributed by atoms with van der Waals surface area (Å²) in [5.74, 6) is 0.548. The lowest BCUT2D eigenvalue weighted by atomic mass is 9.88. The van der Waals surface area contributed by atoms with E-state index >= 15 is 0 Å². The van der Waals surface area contributed by atoms with E-state index in [0.717, 1.165) is 5.75 Å². The third-order valence-corrected chi connectivity index (χ3v) is 2.89. The minimum Gasteiger partial charge on any atom is -0.497 e. The number of carboxylic acids is 1. The summed E-state index contributed by atoms with van der Waals surface area (Å²) in [6.45, 7) is 5.49. The van der Waals surface area contributed by atoms with Gasteiger partial charge in [-0.3, -0.25) is 4.79 Å². The van der Waals surface area contributed by atoms with E-state index in [1.54, 1.807) is 38.3 Å². The van der Waals surface area contributed by atoms with E-state index < -0.39 is 11.4 Å². The third-order valence-electron chi connectivity index (χ3n) is 2.89. The number of ether oxygens (including phenoxy) is 2. The molecule has 1 aromatic carbocycles. The number of benzene rings is 1. The predicted molar refractivity (Wildman–Crippen MR) is 69.0 cm³/mol. The summed E-state index contributed by atoms with van der Waals surface area (Å²) in [5.41, 5.74) is -0.952. The molecule has 0 saturated heterocycles. The molecule has 0 amide bonds. The fourth-order valence-corrected chi connectivity index (χ4v) is 1.35. The van der Waals surface area contributed by atoms with Crippen molar-refractivity contribution in [3.05, 3.63) is 36.9 Å². The Labute approximate surface area is 107 Å². The van der Waals surface area contributed by atoms with Gasteiger partial charge in [0.2, 0.25) is 0 Å². The van der Waals surface area contributed by atoms with Gasteiger partial charge >= 0.3 is 5.97 Å². The van der Waals surface area contributed by atoms with Gasteiger partial charge in [0.15, 0.2) is 0 Å². The van der Waals surface area contributed by atoms with Gasteiger partial charge in [-0.2, -0.15) is 0 Å². The number of hydrogen-bond donors (Lipinski definition) is 1. The quantitative estimate of drug-likeness (QED) is 0.756. The molecule has 1 aromatic rings. The fraction of sp³-hybridized carbons (Fsp3) is 0.357. The Balaban J connectivity index is 2.50. The van der Waals surface area contributed by atoms with Gasteiger partial charge in [0.1, 0.15) is 11.5 Å². The standard InChI is InChI=1S/C14H18O4/c1-4-14(2,13(15)16)9-10-18-12-7-5-11(17-3)6-8-12/h4-8H,1,9-10H2,2-3H3,(H,15,16). The van der Waals surface area contributed by atoms with Crippen LogP contribution in [-0.2, 0) is 4.79 Å². The summed E-state index contributed by atoms with van der Waals surface area (Å²) in [5, 5.41) is 9.05. The molecule has 0 aliphatic heterocycles. The fourth-order valence-electron chi connectivity index (χ4n) is 1.35. The van der Waals surface area contributed by atoms with Crippen molar-refractivity contribution in [3.63, 3.8) is 0 Å². The molecule has 0 aromatic heterocycles. The summed E-state index contributed by atoms with van der Waals surface area (Å²) in [4.78, 5) is 11.0. The molecular weight excluding hydrogens is 232 g/mol. The van der Waals surface area contributed by atoms with Gasteiger partial charge in [-0.1, -0.05) is 6.08 Å². The molecule has 18 heavy (non-hydrogen) atoms. The number of carboxylic acid groups (broad SMARTS) is 1. The molecule has 0 aliphatic carbocycles. The Morgan fingerprint density at radius 2 is 1.94 bits per heavy atom. The molecule has 1 unspecified atom stereocenters. The first-order valence-electron chi connectivity index (χ1n) is 5.65. The number of rotatable bonds is 7. The highest BCUT2D eigenvalue weighted by Gasteiger charge is 2.29. The van der Waals surface area contributed by atoms with Gasteiger partial charge in [-0.05, 0) is 31.2 Å². The Morgan fingerprint density at radius 1 is 1.39 bits per heavy atom. The maximum atomic E-state index is 11.0. The molecule has 1 atom stereocenters. The van der Waals surface area contributed by atoms with Crippen molar-refractivity contribution in [2.45, 2.75) is 13.3 Å². The van der Waals surface area contributed by atoms with Gasteiger partial charge < -0.3 is 14.6 Å². The monoisotopic (exact) mass is 250 g/mol. The van der Waals surface area contributed by atoms with Crippen molar-refractivity contribution >= 4 is 5.97 Å². The third kappa shape index (κ3) is 3.52. The normalized spacial score (nSPS) is 13.4. The minimum absolute atomic E-state index is 0.321. The summed E-state index contributed by atoms with van der Waals surface area (Å²) in [6, 6.07) is 7.15. The lowest BCUT2D eigenvalue weighted by Crippen LogP contribution is -2.27. The molecule has 0 spiro atoms. The zero-order valence-corrected chi connectivity index (χ0v) is 10.7. The largest absolute Gasteiger partial charge is 0.497 e. The zero-order valence-electron chi connectivity index (χ0n) is 10.7. The van der Waals surface area contributed by atoms with Gasteiger partial charge in [0, 0.05) is 6.42 Å². The molecule has 0 heterocycles. The van der Waals surface area contributed by atoms with Crippen LogP contribution in [0.4, 0.5) is 0 Å². The van der Waals surface area contributed by atoms with Crippen molar-refractivity contribution in [1.29, 1.82) is 0 Å². The van der Waals surface area contributed by atoms with E-state index in [1.165, 1.54) is 6.08 Å². The Morgan fingerprint density at radius 3 is 2.39 bits per heavy atom. The highest BCUT2D eigenvalue weighted by Crippen LogP contribution is 2.24. The molecule has 98 valence electrons. The number of hydrogen-bond acceptors (Lipinski definition) is 3. The number of methoxy groups -OCH3 is 1. The average Bonchev–Trinajstić information content (AvgIpc) is 2.39. The summed E-state index contributed by atoms with van der Waals surface area (Å²) >= 11 is 0. The van der Waals surface area contributed by atoms with Crippen LogP contribution in [0.5, 0.6) is 11.5 Å². The molecule has 4 nitrogen and oxygen atoms in total. The molecule has 1 rings (SSSR count). The topological polar surface area (TPSA) is 55.8 Å². The smallest absolute Gasteiger partial charge is 0.313 e. The first kappa shape index (κ1) is 14.1. The highest BCUT2D eigenvalue weighted by molar-refractivity contribution is 5.76. The van der Waals surface area contributed by atoms with E-state index in [4.69, 9.17) is 14.6 Å². The van der Waals surface area contributed by atoms with Crippen LogP contribution in [0.1, 0.15) is 13.3 Å². The Bertz CT molecular complexity index is 410. The van der Waals surface area contributed by atoms with Gasteiger partial charge in [0.05, 0.1) is 19.1 Å². The summed E-state index contributed by atoms with van der Waals surface area (Å²) < 4.78 is 10.5. The van der Waals surface area contributed by atoms with Crippen LogP contribution in [0.3, 0.4) is 0 Å². The molecule has 0 aliphatic rings. The highest BCUT2D eigenvalue weighted by atomic mass is 16.5. The minimum atomic E-state index is -0.952. The summed E-state index contributed by atoms with van der Waals surface area (Å²) in [7, 11) is 1.60.